The first kappa shape index (κ1) is 17.9. The van der Waals surface area contributed by atoms with E-state index >= 15 is 0 Å². The summed E-state index contributed by atoms with van der Waals surface area (Å²) in [6.07, 6.45) is 5.12. The van der Waals surface area contributed by atoms with Gasteiger partial charge in [-0.3, -0.25) is 0 Å². The lowest BCUT2D eigenvalue weighted by Gasteiger charge is -2.33. The fourth-order valence-corrected chi connectivity index (χ4v) is 3.77. The highest BCUT2D eigenvalue weighted by molar-refractivity contribution is 9.10. The normalized spacial score (nSPS) is 18.3. The number of hydrogen-bond acceptors (Lipinski definition) is 3. The highest BCUT2D eigenvalue weighted by Crippen LogP contribution is 2.25. The molecular formula is C13H20BrClN2O2S. The Balaban J connectivity index is 0.00000200. The highest BCUT2D eigenvalue weighted by atomic mass is 79.9. The fraction of sp³-hybridized carbons (Fsp3) is 0.538. The smallest absolute Gasteiger partial charge is 0.240 e. The molecule has 0 unspecified atom stereocenters. The van der Waals surface area contributed by atoms with Gasteiger partial charge in [0.1, 0.15) is 0 Å². The fourth-order valence-electron chi connectivity index (χ4n) is 2.37. The summed E-state index contributed by atoms with van der Waals surface area (Å²) in [5.41, 5.74) is 5.85. The maximum Gasteiger partial charge on any atom is 0.240 e. The Kier molecular flexibility index (Phi) is 6.47. The molecular weight excluding hydrogens is 364 g/mol. The SMILES string of the molecule is Cl.NC1(CNS(=O)(=O)c2ccc(Br)cc2)CCCCC1. The third-order valence-corrected chi connectivity index (χ3v) is 5.53. The van der Waals surface area contributed by atoms with Gasteiger partial charge in [-0.15, -0.1) is 12.4 Å². The Morgan fingerprint density at radius 2 is 1.70 bits per heavy atom. The molecule has 0 atom stereocenters. The van der Waals surface area contributed by atoms with E-state index in [0.29, 0.717) is 6.54 Å². The van der Waals surface area contributed by atoms with Gasteiger partial charge < -0.3 is 5.73 Å². The number of rotatable bonds is 4. The second-order valence-electron chi connectivity index (χ2n) is 5.20. The summed E-state index contributed by atoms with van der Waals surface area (Å²) < 4.78 is 27.8. The van der Waals surface area contributed by atoms with E-state index in [2.05, 4.69) is 20.7 Å². The molecule has 1 aliphatic rings. The van der Waals surface area contributed by atoms with Crippen molar-refractivity contribution in [2.75, 3.05) is 6.54 Å². The van der Waals surface area contributed by atoms with Crippen LogP contribution in [0.15, 0.2) is 33.6 Å². The zero-order valence-electron chi connectivity index (χ0n) is 11.1. The largest absolute Gasteiger partial charge is 0.324 e. The lowest BCUT2D eigenvalue weighted by Crippen LogP contribution is -2.51. The molecule has 7 heteroatoms. The number of nitrogens with two attached hydrogens (primary N) is 1. The van der Waals surface area contributed by atoms with E-state index in [0.717, 1.165) is 30.2 Å². The van der Waals surface area contributed by atoms with Crippen LogP contribution in [0.2, 0.25) is 0 Å². The third kappa shape index (κ3) is 4.70. The molecule has 1 saturated carbocycles. The number of nitrogens with one attached hydrogen (secondary N) is 1. The molecule has 0 saturated heterocycles. The molecule has 0 spiro atoms. The van der Waals surface area contributed by atoms with Crippen molar-refractivity contribution in [2.45, 2.75) is 42.5 Å². The van der Waals surface area contributed by atoms with Crippen molar-refractivity contribution in [3.05, 3.63) is 28.7 Å². The molecule has 1 aromatic rings. The van der Waals surface area contributed by atoms with E-state index in [1.165, 1.54) is 6.42 Å². The third-order valence-electron chi connectivity index (χ3n) is 3.59. The molecule has 3 N–H and O–H groups in total. The molecule has 1 aromatic carbocycles. The van der Waals surface area contributed by atoms with Crippen LogP contribution in [0.1, 0.15) is 32.1 Å². The van der Waals surface area contributed by atoms with Crippen LogP contribution in [-0.2, 0) is 10.0 Å². The minimum absolute atomic E-state index is 0. The number of sulfonamides is 1. The van der Waals surface area contributed by atoms with E-state index in [1.54, 1.807) is 24.3 Å². The Morgan fingerprint density at radius 3 is 2.25 bits per heavy atom. The minimum atomic E-state index is -3.47. The Morgan fingerprint density at radius 1 is 1.15 bits per heavy atom. The second-order valence-corrected chi connectivity index (χ2v) is 7.88. The summed E-state index contributed by atoms with van der Waals surface area (Å²) in [4.78, 5) is 0.273. The van der Waals surface area contributed by atoms with Crippen LogP contribution in [0.25, 0.3) is 0 Å². The average Bonchev–Trinajstić information content (AvgIpc) is 2.38. The van der Waals surface area contributed by atoms with Gasteiger partial charge in [0.2, 0.25) is 10.0 Å². The van der Waals surface area contributed by atoms with Crippen LogP contribution >= 0.6 is 28.3 Å². The average molecular weight is 384 g/mol. The van der Waals surface area contributed by atoms with Crippen LogP contribution in [0.3, 0.4) is 0 Å². The molecule has 0 heterocycles. The van der Waals surface area contributed by atoms with E-state index in [-0.39, 0.29) is 22.8 Å². The van der Waals surface area contributed by atoms with Crippen molar-refractivity contribution < 1.29 is 8.42 Å². The second kappa shape index (κ2) is 7.22. The minimum Gasteiger partial charge on any atom is -0.324 e. The van der Waals surface area contributed by atoms with Crippen LogP contribution in [0.4, 0.5) is 0 Å². The van der Waals surface area contributed by atoms with Crippen molar-refractivity contribution in [3.63, 3.8) is 0 Å². The molecule has 114 valence electrons. The van der Waals surface area contributed by atoms with Gasteiger partial charge in [-0.25, -0.2) is 13.1 Å². The van der Waals surface area contributed by atoms with Crippen molar-refractivity contribution in [1.29, 1.82) is 0 Å². The van der Waals surface area contributed by atoms with Crippen LogP contribution in [-0.4, -0.2) is 20.5 Å². The molecule has 0 aromatic heterocycles. The first-order valence-electron chi connectivity index (χ1n) is 6.45. The summed E-state index contributed by atoms with van der Waals surface area (Å²) in [5.74, 6) is 0. The zero-order valence-corrected chi connectivity index (χ0v) is 14.4. The van der Waals surface area contributed by atoms with Crippen molar-refractivity contribution >= 4 is 38.4 Å². The first-order valence-corrected chi connectivity index (χ1v) is 8.73. The predicted octanol–water partition coefficient (Wildman–Crippen LogP) is 2.81. The highest BCUT2D eigenvalue weighted by Gasteiger charge is 2.29. The van der Waals surface area contributed by atoms with Gasteiger partial charge in [0.05, 0.1) is 4.90 Å². The zero-order chi connectivity index (χ0) is 13.9. The van der Waals surface area contributed by atoms with Gasteiger partial charge in [-0.05, 0) is 37.1 Å². The molecule has 0 radical (unpaired) electrons. The van der Waals surface area contributed by atoms with Gasteiger partial charge >= 0.3 is 0 Å². The summed E-state index contributed by atoms with van der Waals surface area (Å²) in [7, 11) is -3.47. The lowest BCUT2D eigenvalue weighted by atomic mass is 9.83. The van der Waals surface area contributed by atoms with Crippen LogP contribution in [0, 0.1) is 0 Å². The molecule has 0 aliphatic heterocycles. The van der Waals surface area contributed by atoms with Crippen molar-refractivity contribution in [1.82, 2.24) is 4.72 Å². The Labute approximate surface area is 135 Å². The quantitative estimate of drug-likeness (QED) is 0.839. The van der Waals surface area contributed by atoms with E-state index < -0.39 is 10.0 Å². The topological polar surface area (TPSA) is 72.2 Å². The van der Waals surface area contributed by atoms with Gasteiger partial charge in [0.15, 0.2) is 0 Å². The van der Waals surface area contributed by atoms with E-state index in [1.807, 2.05) is 0 Å². The van der Waals surface area contributed by atoms with Crippen molar-refractivity contribution in [3.8, 4) is 0 Å². The molecule has 2 rings (SSSR count). The van der Waals surface area contributed by atoms with Gasteiger partial charge in [0, 0.05) is 16.6 Å². The summed E-state index contributed by atoms with van der Waals surface area (Å²) in [5, 5.41) is 0. The van der Waals surface area contributed by atoms with E-state index in [4.69, 9.17) is 5.73 Å². The summed E-state index contributed by atoms with van der Waals surface area (Å²) >= 11 is 3.29. The van der Waals surface area contributed by atoms with Gasteiger partial charge in [0.25, 0.3) is 0 Å². The number of halogens is 2. The summed E-state index contributed by atoms with van der Waals surface area (Å²) in [6, 6.07) is 6.59. The van der Waals surface area contributed by atoms with Crippen molar-refractivity contribution in [2.24, 2.45) is 5.73 Å². The molecule has 0 amide bonds. The van der Waals surface area contributed by atoms with Gasteiger partial charge in [-0.1, -0.05) is 35.2 Å². The molecule has 1 aliphatic carbocycles. The standard InChI is InChI=1S/C13H19BrN2O2S.ClH/c14-11-4-6-12(7-5-11)19(17,18)16-10-13(15)8-2-1-3-9-13;/h4-7,16H,1-3,8-10,15H2;1H. The predicted molar refractivity (Wildman–Crippen MR) is 86.6 cm³/mol. The molecule has 20 heavy (non-hydrogen) atoms. The number of benzene rings is 1. The summed E-state index contributed by atoms with van der Waals surface area (Å²) in [6.45, 7) is 0.311. The first-order chi connectivity index (χ1) is 8.91. The van der Waals surface area contributed by atoms with Gasteiger partial charge in [-0.2, -0.15) is 0 Å². The molecule has 0 bridgehead atoms. The molecule has 4 nitrogen and oxygen atoms in total. The maximum atomic E-state index is 12.1. The molecule has 1 fully saturated rings. The maximum absolute atomic E-state index is 12.1. The number of hydrogen-bond donors (Lipinski definition) is 2. The monoisotopic (exact) mass is 382 g/mol. The Bertz CT molecular complexity index is 528. The van der Waals surface area contributed by atoms with Crippen LogP contribution in [0.5, 0.6) is 0 Å². The Hall–Kier alpha value is -0.140. The van der Waals surface area contributed by atoms with Crippen LogP contribution < -0.4 is 10.5 Å². The lowest BCUT2D eigenvalue weighted by molar-refractivity contribution is 0.296. The van der Waals surface area contributed by atoms with E-state index in [9.17, 15) is 8.42 Å².